The van der Waals surface area contributed by atoms with E-state index < -0.39 is 0 Å². The van der Waals surface area contributed by atoms with Crippen molar-refractivity contribution in [3.63, 3.8) is 0 Å². The normalized spacial score (nSPS) is 45.0. The molecule has 2 N–H and O–H groups in total. The molecule has 0 aromatic heterocycles. The highest BCUT2D eigenvalue weighted by atomic mass is 14.7. The fourth-order valence-electron chi connectivity index (χ4n) is 0.787. The van der Waals surface area contributed by atoms with Crippen LogP contribution >= 0.6 is 0 Å². The summed E-state index contributed by atoms with van der Waals surface area (Å²) in [6.07, 6.45) is 2.28. The van der Waals surface area contributed by atoms with Gasteiger partial charge in [0.2, 0.25) is 0 Å². The van der Waals surface area contributed by atoms with E-state index >= 15 is 0 Å². The van der Waals surface area contributed by atoms with Crippen molar-refractivity contribution in [2.24, 2.45) is 11.7 Å². The van der Waals surface area contributed by atoms with E-state index in [2.05, 4.69) is 6.92 Å². The molecule has 0 spiro atoms. The Labute approximate surface area is 38.5 Å². The van der Waals surface area contributed by atoms with Crippen molar-refractivity contribution in [2.45, 2.75) is 18.9 Å². The van der Waals surface area contributed by atoms with Gasteiger partial charge in [0.05, 0.1) is 0 Å². The first-order chi connectivity index (χ1) is 2.79. The van der Waals surface area contributed by atoms with E-state index in [0.717, 1.165) is 12.8 Å². The summed E-state index contributed by atoms with van der Waals surface area (Å²) in [6.45, 7) is 3.81. The minimum atomic E-state index is 0.479. The number of nitrogens with two attached hydrogens (primary N) is 1. The molecule has 1 aliphatic rings. The Hall–Kier alpha value is -0.0400. The van der Waals surface area contributed by atoms with E-state index in [-0.39, 0.29) is 0 Å². The maximum atomic E-state index is 5.43. The molecule has 35 valence electrons. The maximum absolute atomic E-state index is 5.43. The number of hydrogen-bond donors (Lipinski definition) is 1. The molecule has 0 amide bonds. The predicted molar refractivity (Wildman–Crippen MR) is 26.1 cm³/mol. The van der Waals surface area contributed by atoms with Crippen LogP contribution in [-0.2, 0) is 0 Å². The van der Waals surface area contributed by atoms with Gasteiger partial charge in [-0.3, -0.25) is 0 Å². The van der Waals surface area contributed by atoms with Gasteiger partial charge in [-0.1, -0.05) is 6.92 Å². The third-order valence-corrected chi connectivity index (χ3v) is 1.27. The van der Waals surface area contributed by atoms with E-state index in [1.807, 2.05) is 0 Å². The average Bonchev–Trinajstić information content (AvgIpc) is 1.33. The minimum Gasteiger partial charge on any atom is -0.328 e. The van der Waals surface area contributed by atoms with Crippen LogP contribution in [0.5, 0.6) is 0 Å². The molecule has 0 saturated heterocycles. The Kier molecular flexibility index (Phi) is 0.845. The summed E-state index contributed by atoms with van der Waals surface area (Å²) in [5.41, 5.74) is 5.43. The largest absolute Gasteiger partial charge is 0.328 e. The van der Waals surface area contributed by atoms with Crippen LogP contribution in [0.1, 0.15) is 12.8 Å². The molecular formula is C5H10N. The molecule has 6 heavy (non-hydrogen) atoms. The Bertz CT molecular complexity index is 39.9. The van der Waals surface area contributed by atoms with Crippen molar-refractivity contribution in [1.29, 1.82) is 0 Å². The van der Waals surface area contributed by atoms with Crippen molar-refractivity contribution in [3.05, 3.63) is 6.92 Å². The molecule has 1 nitrogen and oxygen atoms in total. The number of rotatable bonds is 0. The molecule has 0 aromatic carbocycles. The van der Waals surface area contributed by atoms with Gasteiger partial charge in [-0.2, -0.15) is 0 Å². The molecule has 0 bridgehead atoms. The second kappa shape index (κ2) is 1.23. The smallest absolute Gasteiger partial charge is 0.00441 e. The third-order valence-electron chi connectivity index (χ3n) is 1.27. The highest BCUT2D eigenvalue weighted by Crippen LogP contribution is 2.23. The summed E-state index contributed by atoms with van der Waals surface area (Å²) >= 11 is 0. The van der Waals surface area contributed by atoms with Crippen molar-refractivity contribution >= 4 is 0 Å². The van der Waals surface area contributed by atoms with E-state index in [0.29, 0.717) is 12.0 Å². The first-order valence-electron chi connectivity index (χ1n) is 2.37. The van der Waals surface area contributed by atoms with Gasteiger partial charge < -0.3 is 5.73 Å². The van der Waals surface area contributed by atoms with Gasteiger partial charge in [0, 0.05) is 6.04 Å². The van der Waals surface area contributed by atoms with Crippen LogP contribution in [0.15, 0.2) is 0 Å². The third kappa shape index (κ3) is 0.548. The van der Waals surface area contributed by atoms with Crippen LogP contribution in [0.25, 0.3) is 0 Å². The molecular weight excluding hydrogens is 74.1 g/mol. The average molecular weight is 84.1 g/mol. The standard InChI is InChI=1S/C5H10N/c1-4-2-5(6)3-4/h4-5H,1-3,6H2/t4-,5+. The lowest BCUT2D eigenvalue weighted by Crippen LogP contribution is -2.34. The van der Waals surface area contributed by atoms with E-state index in [1.165, 1.54) is 0 Å². The Balaban J connectivity index is 2.11. The van der Waals surface area contributed by atoms with Gasteiger partial charge >= 0.3 is 0 Å². The van der Waals surface area contributed by atoms with Crippen LogP contribution in [0.4, 0.5) is 0 Å². The van der Waals surface area contributed by atoms with Crippen molar-refractivity contribution in [3.8, 4) is 0 Å². The monoisotopic (exact) mass is 84.1 g/mol. The number of hydrogen-bond acceptors (Lipinski definition) is 1. The second-order valence-electron chi connectivity index (χ2n) is 2.10. The molecule has 1 aliphatic carbocycles. The van der Waals surface area contributed by atoms with Crippen LogP contribution in [0.2, 0.25) is 0 Å². The van der Waals surface area contributed by atoms with Gasteiger partial charge in [0.1, 0.15) is 0 Å². The van der Waals surface area contributed by atoms with Gasteiger partial charge in [-0.15, -0.1) is 0 Å². The van der Waals surface area contributed by atoms with Gasteiger partial charge in [-0.25, -0.2) is 0 Å². The van der Waals surface area contributed by atoms with E-state index in [4.69, 9.17) is 5.73 Å². The van der Waals surface area contributed by atoms with Crippen molar-refractivity contribution in [1.82, 2.24) is 0 Å². The second-order valence-corrected chi connectivity index (χ2v) is 2.10. The minimum absolute atomic E-state index is 0.479. The molecule has 0 heterocycles. The first-order valence-corrected chi connectivity index (χ1v) is 2.37. The Morgan fingerprint density at radius 3 is 2.00 bits per heavy atom. The Morgan fingerprint density at radius 2 is 2.00 bits per heavy atom. The zero-order chi connectivity index (χ0) is 4.57. The summed E-state index contributed by atoms with van der Waals surface area (Å²) in [6, 6.07) is 0.479. The van der Waals surface area contributed by atoms with Crippen LogP contribution < -0.4 is 5.73 Å². The highest BCUT2D eigenvalue weighted by molar-refractivity contribution is 4.82. The van der Waals surface area contributed by atoms with Gasteiger partial charge in [0.15, 0.2) is 0 Å². The highest BCUT2D eigenvalue weighted by Gasteiger charge is 2.20. The summed E-state index contributed by atoms with van der Waals surface area (Å²) in [5.74, 6) is 0.667. The molecule has 0 aliphatic heterocycles. The zero-order valence-electron chi connectivity index (χ0n) is 3.85. The van der Waals surface area contributed by atoms with Crippen molar-refractivity contribution in [2.75, 3.05) is 0 Å². The van der Waals surface area contributed by atoms with Crippen LogP contribution in [-0.4, -0.2) is 6.04 Å². The van der Waals surface area contributed by atoms with E-state index in [9.17, 15) is 0 Å². The molecule has 1 heteroatoms. The molecule has 1 fully saturated rings. The molecule has 1 radical (unpaired) electrons. The topological polar surface area (TPSA) is 26.0 Å². The molecule has 0 atom stereocenters. The lowest BCUT2D eigenvalue weighted by molar-refractivity contribution is 0.321. The van der Waals surface area contributed by atoms with E-state index in [1.54, 1.807) is 0 Å². The zero-order valence-corrected chi connectivity index (χ0v) is 3.85. The fraction of sp³-hybridized carbons (Fsp3) is 0.800. The summed E-state index contributed by atoms with van der Waals surface area (Å²) in [7, 11) is 0. The quantitative estimate of drug-likeness (QED) is 0.456. The Morgan fingerprint density at radius 1 is 1.50 bits per heavy atom. The maximum Gasteiger partial charge on any atom is 0.00441 e. The summed E-state index contributed by atoms with van der Waals surface area (Å²) in [4.78, 5) is 0. The molecule has 1 saturated carbocycles. The first kappa shape index (κ1) is 4.13. The fourth-order valence-corrected chi connectivity index (χ4v) is 0.787. The molecule has 0 unspecified atom stereocenters. The lowest BCUT2D eigenvalue weighted by atomic mass is 9.83. The molecule has 0 aromatic rings. The lowest BCUT2D eigenvalue weighted by Gasteiger charge is -2.28. The summed E-state index contributed by atoms with van der Waals surface area (Å²) < 4.78 is 0. The van der Waals surface area contributed by atoms with Gasteiger partial charge in [0.25, 0.3) is 0 Å². The van der Waals surface area contributed by atoms with Gasteiger partial charge in [-0.05, 0) is 18.8 Å². The SMILES string of the molecule is [CH2][C@H]1C[C@@H](N)C1. The van der Waals surface area contributed by atoms with Crippen LogP contribution in [0, 0.1) is 12.8 Å². The molecule has 1 rings (SSSR count). The summed E-state index contributed by atoms with van der Waals surface area (Å²) in [5, 5.41) is 0. The van der Waals surface area contributed by atoms with Crippen molar-refractivity contribution < 1.29 is 0 Å². The predicted octanol–water partition coefficient (Wildman–Crippen LogP) is 0.558. The van der Waals surface area contributed by atoms with Crippen LogP contribution in [0.3, 0.4) is 0 Å².